The third-order valence-electron chi connectivity index (χ3n) is 6.82. The number of hydrazone groups is 1. The number of carbonyl (C=O) groups is 2. The molecule has 46 heavy (non-hydrogen) atoms. The van der Waals surface area contributed by atoms with E-state index in [9.17, 15) is 9.59 Å². The van der Waals surface area contributed by atoms with Gasteiger partial charge in [0.05, 0.1) is 31.5 Å². The number of para-hydroxylation sites is 1. The van der Waals surface area contributed by atoms with Crippen molar-refractivity contribution in [2.75, 3.05) is 20.3 Å². The largest absolute Gasteiger partial charge is 0.493 e. The first-order valence-electron chi connectivity index (χ1n) is 14.4. The zero-order valence-electron chi connectivity index (χ0n) is 25.7. The van der Waals surface area contributed by atoms with Crippen LogP contribution in [0.2, 0.25) is 5.02 Å². The number of rotatable bonds is 14. The Bertz CT molecular complexity index is 1680. The highest BCUT2D eigenvalue weighted by atomic mass is 35.5. The Morgan fingerprint density at radius 1 is 1.09 bits per heavy atom. The maximum absolute atomic E-state index is 12.8. The summed E-state index contributed by atoms with van der Waals surface area (Å²) in [7, 11) is 1.55. The van der Waals surface area contributed by atoms with Gasteiger partial charge in [-0.3, -0.25) is 4.79 Å². The first kappa shape index (κ1) is 34.0. The average molecular weight is 663 g/mol. The second-order valence-corrected chi connectivity index (χ2v) is 10.8. The van der Waals surface area contributed by atoms with Gasteiger partial charge in [-0.2, -0.15) is 5.10 Å². The predicted octanol–water partition coefficient (Wildman–Crippen LogP) is 5.54. The van der Waals surface area contributed by atoms with E-state index in [2.05, 4.69) is 27.7 Å². The lowest BCUT2D eigenvalue weighted by Crippen LogP contribution is -2.45. The average Bonchev–Trinajstić information content (AvgIpc) is 3.03. The number of ether oxygens (including phenoxy) is 4. The molecule has 4 rings (SSSR count). The fraction of sp³-hybridized carbons (Fsp3) is 0.235. The van der Waals surface area contributed by atoms with E-state index in [0.717, 1.165) is 11.1 Å². The zero-order chi connectivity index (χ0) is 33.1. The van der Waals surface area contributed by atoms with Gasteiger partial charge in [0.2, 0.25) is 0 Å². The Morgan fingerprint density at radius 2 is 1.85 bits per heavy atom. The van der Waals surface area contributed by atoms with Crippen LogP contribution in [0.5, 0.6) is 17.2 Å². The summed E-state index contributed by atoms with van der Waals surface area (Å²) in [5, 5.41) is 11.1. The fourth-order valence-corrected chi connectivity index (χ4v) is 5.22. The van der Waals surface area contributed by atoms with Crippen molar-refractivity contribution in [2.24, 2.45) is 5.10 Å². The van der Waals surface area contributed by atoms with Crippen LogP contribution in [0.15, 0.2) is 89.7 Å². The number of thiocarbonyl (C=S) groups is 1. The van der Waals surface area contributed by atoms with Crippen LogP contribution in [0.25, 0.3) is 0 Å². The maximum Gasteiger partial charge on any atom is 0.338 e. The van der Waals surface area contributed by atoms with E-state index >= 15 is 0 Å². The van der Waals surface area contributed by atoms with Gasteiger partial charge in [-0.1, -0.05) is 54.1 Å². The van der Waals surface area contributed by atoms with Crippen molar-refractivity contribution in [3.8, 4) is 17.2 Å². The van der Waals surface area contributed by atoms with Gasteiger partial charge in [0, 0.05) is 27.4 Å². The van der Waals surface area contributed by atoms with Crippen LogP contribution in [-0.4, -0.2) is 43.5 Å². The third-order valence-corrected chi connectivity index (χ3v) is 7.41. The van der Waals surface area contributed by atoms with E-state index in [1.807, 2.05) is 24.3 Å². The molecule has 1 atom stereocenters. The zero-order valence-corrected chi connectivity index (χ0v) is 27.3. The number of halogens is 1. The van der Waals surface area contributed by atoms with Crippen molar-refractivity contribution in [1.29, 1.82) is 0 Å². The summed E-state index contributed by atoms with van der Waals surface area (Å²) >= 11 is 11.6. The van der Waals surface area contributed by atoms with Gasteiger partial charge in [-0.15, -0.1) is 6.58 Å². The van der Waals surface area contributed by atoms with Crippen LogP contribution >= 0.6 is 23.8 Å². The van der Waals surface area contributed by atoms with E-state index in [0.29, 0.717) is 56.2 Å². The molecule has 1 aliphatic rings. The standard InChI is InChI=1S/C34H35ClN4O6S/c1-5-11-23-16-22(17-28(42-4)32(23)45-19-24-12-7-9-14-26(24)35)18-36-39-29(40)20-44-27-15-10-8-13-25(27)31-30(33(41)43-6-2)21(3)37-34(46)38-31/h5,7-10,12-18,31H,1,6,11,19-20H2,2-4H3,(H,39,40)(H2,37,38,46)/t31-/m1/s1. The summed E-state index contributed by atoms with van der Waals surface area (Å²) < 4.78 is 22.9. The van der Waals surface area contributed by atoms with Gasteiger partial charge in [0.25, 0.3) is 5.91 Å². The van der Waals surface area contributed by atoms with Crippen molar-refractivity contribution < 1.29 is 28.5 Å². The number of allylic oxidation sites excluding steroid dienone is 2. The lowest BCUT2D eigenvalue weighted by Gasteiger charge is -2.30. The van der Waals surface area contributed by atoms with Crippen molar-refractivity contribution in [3.05, 3.63) is 112 Å². The summed E-state index contributed by atoms with van der Waals surface area (Å²) in [6.45, 7) is 7.48. The summed E-state index contributed by atoms with van der Waals surface area (Å²) in [6, 6.07) is 17.5. The second-order valence-electron chi connectivity index (χ2n) is 9.99. The summed E-state index contributed by atoms with van der Waals surface area (Å²) in [5.41, 5.74) is 6.38. The SMILES string of the molecule is C=CCc1cc(C=NNC(=O)COc2ccccc2[C@H]2NC(=S)NC(C)=C2C(=O)OCC)cc(OC)c1OCc1ccccc1Cl. The molecule has 3 aromatic rings. The minimum absolute atomic E-state index is 0.218. The molecular formula is C34H35ClN4O6S. The topological polar surface area (TPSA) is 120 Å². The number of hydrogen-bond donors (Lipinski definition) is 3. The van der Waals surface area contributed by atoms with Crippen molar-refractivity contribution in [3.63, 3.8) is 0 Å². The van der Waals surface area contributed by atoms with E-state index in [4.69, 9.17) is 42.8 Å². The van der Waals surface area contributed by atoms with E-state index in [1.165, 1.54) is 6.21 Å². The molecule has 12 heteroatoms. The Morgan fingerprint density at radius 3 is 2.59 bits per heavy atom. The molecule has 3 N–H and O–H groups in total. The molecule has 1 heterocycles. The molecule has 0 saturated heterocycles. The summed E-state index contributed by atoms with van der Waals surface area (Å²) in [6.07, 6.45) is 3.77. The molecule has 3 aromatic carbocycles. The van der Waals surface area contributed by atoms with Gasteiger partial charge in [-0.05, 0) is 62.3 Å². The Balaban J connectivity index is 1.44. The van der Waals surface area contributed by atoms with Crippen LogP contribution in [-0.2, 0) is 27.4 Å². The van der Waals surface area contributed by atoms with Gasteiger partial charge >= 0.3 is 5.97 Å². The molecule has 10 nitrogen and oxygen atoms in total. The first-order valence-corrected chi connectivity index (χ1v) is 15.2. The van der Waals surface area contributed by atoms with Crippen molar-refractivity contribution >= 4 is 47.0 Å². The minimum atomic E-state index is -0.638. The third kappa shape index (κ3) is 8.64. The lowest BCUT2D eigenvalue weighted by atomic mass is 9.95. The Kier molecular flexibility index (Phi) is 12.2. The Labute approximate surface area is 278 Å². The molecule has 0 spiro atoms. The van der Waals surface area contributed by atoms with Gasteiger partial charge in [-0.25, -0.2) is 10.2 Å². The maximum atomic E-state index is 12.8. The molecule has 0 fully saturated rings. The van der Waals surface area contributed by atoms with Gasteiger partial charge in [0.15, 0.2) is 23.2 Å². The second kappa shape index (κ2) is 16.4. The number of hydrogen-bond acceptors (Lipinski definition) is 8. The lowest BCUT2D eigenvalue weighted by molar-refractivity contribution is -0.139. The van der Waals surface area contributed by atoms with E-state index < -0.39 is 17.9 Å². The van der Waals surface area contributed by atoms with Crippen LogP contribution in [0.4, 0.5) is 0 Å². The van der Waals surface area contributed by atoms with E-state index in [-0.39, 0.29) is 19.8 Å². The molecule has 0 aliphatic carbocycles. The number of nitrogens with one attached hydrogen (secondary N) is 3. The van der Waals surface area contributed by atoms with E-state index in [1.54, 1.807) is 63.4 Å². The normalized spacial score (nSPS) is 14.3. The van der Waals surface area contributed by atoms with Crippen LogP contribution < -0.4 is 30.3 Å². The number of amides is 1. The number of benzene rings is 3. The Hall–Kier alpha value is -4.87. The molecule has 240 valence electrons. The van der Waals surface area contributed by atoms with Crippen LogP contribution in [0.1, 0.15) is 42.1 Å². The number of nitrogens with zero attached hydrogens (tertiary/aromatic N) is 1. The molecule has 0 aromatic heterocycles. The summed E-state index contributed by atoms with van der Waals surface area (Å²) in [5.74, 6) is 0.481. The smallest absolute Gasteiger partial charge is 0.338 e. The highest BCUT2D eigenvalue weighted by Crippen LogP contribution is 2.35. The van der Waals surface area contributed by atoms with Crippen LogP contribution in [0.3, 0.4) is 0 Å². The fourth-order valence-electron chi connectivity index (χ4n) is 4.76. The predicted molar refractivity (Wildman–Crippen MR) is 181 cm³/mol. The number of carbonyl (C=O) groups excluding carboxylic acids is 2. The number of esters is 1. The monoisotopic (exact) mass is 662 g/mol. The van der Waals surface area contributed by atoms with Gasteiger partial charge in [0.1, 0.15) is 12.4 Å². The quantitative estimate of drug-likeness (QED) is 0.0672. The highest BCUT2D eigenvalue weighted by Gasteiger charge is 2.32. The molecule has 1 amide bonds. The molecule has 1 aliphatic heterocycles. The molecule has 0 radical (unpaired) electrons. The van der Waals surface area contributed by atoms with Crippen molar-refractivity contribution in [2.45, 2.75) is 32.9 Å². The highest BCUT2D eigenvalue weighted by molar-refractivity contribution is 7.80. The molecule has 0 saturated carbocycles. The van der Waals surface area contributed by atoms with Crippen molar-refractivity contribution in [1.82, 2.24) is 16.1 Å². The summed E-state index contributed by atoms with van der Waals surface area (Å²) in [4.78, 5) is 25.5. The van der Waals surface area contributed by atoms with Crippen LogP contribution in [0, 0.1) is 0 Å². The molecule has 0 bridgehead atoms. The molecular weight excluding hydrogens is 628 g/mol. The van der Waals surface area contributed by atoms with Gasteiger partial charge < -0.3 is 29.6 Å². The first-order chi connectivity index (χ1) is 22.2. The number of methoxy groups -OCH3 is 1. The molecule has 0 unspecified atom stereocenters. The minimum Gasteiger partial charge on any atom is -0.493 e.